The second-order valence-electron chi connectivity index (χ2n) is 5.01. The van der Waals surface area contributed by atoms with E-state index in [-0.39, 0.29) is 4.83 Å². The molecule has 0 aromatic rings. The summed E-state index contributed by atoms with van der Waals surface area (Å²) in [7, 11) is 0. The summed E-state index contributed by atoms with van der Waals surface area (Å²) < 4.78 is 0. The van der Waals surface area contributed by atoms with Crippen LogP contribution in [-0.4, -0.2) is 10.6 Å². The number of alkyl halides is 1. The second kappa shape index (κ2) is 1.95. The molecule has 1 nitrogen and oxygen atoms in total. The van der Waals surface area contributed by atoms with E-state index >= 15 is 0 Å². The van der Waals surface area contributed by atoms with Crippen molar-refractivity contribution < 1.29 is 4.79 Å². The van der Waals surface area contributed by atoms with Crippen LogP contribution < -0.4 is 0 Å². The van der Waals surface area contributed by atoms with Crippen molar-refractivity contribution in [3.8, 4) is 0 Å². The number of rotatable bonds is 0. The van der Waals surface area contributed by atoms with Crippen LogP contribution in [0.2, 0.25) is 0 Å². The van der Waals surface area contributed by atoms with Crippen LogP contribution in [0.5, 0.6) is 0 Å². The molecule has 7 unspecified atom stereocenters. The Balaban J connectivity index is 1.96. The maximum atomic E-state index is 11.9. The van der Waals surface area contributed by atoms with Gasteiger partial charge in [-0.25, -0.2) is 0 Å². The lowest BCUT2D eigenvalue weighted by Gasteiger charge is -2.25. The Labute approximate surface area is 85.7 Å². The van der Waals surface area contributed by atoms with Gasteiger partial charge in [-0.3, -0.25) is 4.79 Å². The number of ketones is 1. The predicted octanol–water partition coefficient (Wildman–Crippen LogP) is 2.02. The van der Waals surface area contributed by atoms with E-state index in [9.17, 15) is 4.79 Å². The summed E-state index contributed by atoms with van der Waals surface area (Å²) >= 11 is 3.60. The van der Waals surface area contributed by atoms with Crippen LogP contribution in [0.1, 0.15) is 6.42 Å². The summed E-state index contributed by atoms with van der Waals surface area (Å²) in [6.07, 6.45) is 6.04. The molecule has 0 amide bonds. The van der Waals surface area contributed by atoms with E-state index in [1.807, 2.05) is 0 Å². The highest BCUT2D eigenvalue weighted by molar-refractivity contribution is 9.10. The highest BCUT2D eigenvalue weighted by Crippen LogP contribution is 2.68. The quantitative estimate of drug-likeness (QED) is 0.467. The third kappa shape index (κ3) is 0.577. The van der Waals surface area contributed by atoms with Gasteiger partial charge in [-0.15, -0.1) is 0 Å². The number of Topliss-reactive ketones (excluding diaryl/α,β-unsaturated/α-hetero) is 1. The topological polar surface area (TPSA) is 17.1 Å². The fraction of sp³-hybridized carbons (Fsp3) is 0.727. The second-order valence-corrected chi connectivity index (χ2v) is 6.00. The summed E-state index contributed by atoms with van der Waals surface area (Å²) in [4.78, 5) is 12.1. The third-order valence-electron chi connectivity index (χ3n) is 4.84. The average Bonchev–Trinajstić information content (AvgIpc) is 2.70. The van der Waals surface area contributed by atoms with Gasteiger partial charge in [0.15, 0.2) is 5.78 Å². The molecule has 0 aromatic carbocycles. The van der Waals surface area contributed by atoms with Gasteiger partial charge in [0.2, 0.25) is 0 Å². The fourth-order valence-electron chi connectivity index (χ4n) is 4.53. The number of hydrogen-bond donors (Lipinski definition) is 0. The Kier molecular flexibility index (Phi) is 1.08. The Bertz CT molecular complexity index is 335. The van der Waals surface area contributed by atoms with E-state index in [1.54, 1.807) is 0 Å². The molecule has 0 N–H and O–H groups in total. The number of fused-ring (bicyclic) bond motifs is 2. The standard InChI is InChI=1S/C11H11BrO/c12-10-8-4-1-2-5-6(4)3-7(8)9(5)11(10)13/h1-2,4-10H,3H2. The van der Waals surface area contributed by atoms with Gasteiger partial charge in [-0.05, 0) is 36.0 Å². The van der Waals surface area contributed by atoms with Gasteiger partial charge in [0.1, 0.15) is 0 Å². The summed E-state index contributed by atoms with van der Waals surface area (Å²) in [5.74, 6) is 4.49. The molecule has 4 aliphatic carbocycles. The first kappa shape index (κ1) is 7.22. The van der Waals surface area contributed by atoms with Gasteiger partial charge in [0, 0.05) is 5.92 Å². The zero-order valence-electron chi connectivity index (χ0n) is 7.19. The van der Waals surface area contributed by atoms with Crippen molar-refractivity contribution in [2.75, 3.05) is 0 Å². The third-order valence-corrected chi connectivity index (χ3v) is 5.90. The lowest BCUT2D eigenvalue weighted by Crippen LogP contribution is -2.24. The van der Waals surface area contributed by atoms with Gasteiger partial charge < -0.3 is 0 Å². The van der Waals surface area contributed by atoms with Crippen LogP contribution in [-0.2, 0) is 4.79 Å². The zero-order chi connectivity index (χ0) is 8.74. The van der Waals surface area contributed by atoms with E-state index in [0.717, 1.165) is 17.8 Å². The van der Waals surface area contributed by atoms with Crippen molar-refractivity contribution in [2.24, 2.45) is 35.5 Å². The van der Waals surface area contributed by atoms with E-state index in [4.69, 9.17) is 0 Å². The van der Waals surface area contributed by atoms with E-state index in [1.165, 1.54) is 6.42 Å². The molecule has 0 radical (unpaired) electrons. The first-order valence-electron chi connectivity index (χ1n) is 5.15. The summed E-state index contributed by atoms with van der Waals surface area (Å²) in [5, 5.41) is 0. The number of hydrogen-bond acceptors (Lipinski definition) is 1. The highest BCUT2D eigenvalue weighted by Gasteiger charge is 2.67. The molecule has 0 spiro atoms. The smallest absolute Gasteiger partial charge is 0.150 e. The monoisotopic (exact) mass is 238 g/mol. The summed E-state index contributed by atoms with van der Waals surface area (Å²) in [5.41, 5.74) is 0. The molecule has 2 bridgehead atoms. The Morgan fingerprint density at radius 2 is 2.00 bits per heavy atom. The number of carbonyl (C=O) groups excluding carboxylic acids is 1. The lowest BCUT2D eigenvalue weighted by atomic mass is 9.79. The Morgan fingerprint density at radius 3 is 2.85 bits per heavy atom. The van der Waals surface area contributed by atoms with E-state index in [2.05, 4.69) is 28.1 Å². The zero-order valence-corrected chi connectivity index (χ0v) is 8.78. The van der Waals surface area contributed by atoms with Crippen LogP contribution in [0.4, 0.5) is 0 Å². The minimum Gasteiger partial charge on any atom is -0.298 e. The molecule has 3 fully saturated rings. The maximum Gasteiger partial charge on any atom is 0.150 e. The fourth-order valence-corrected chi connectivity index (χ4v) is 5.58. The van der Waals surface area contributed by atoms with Crippen molar-refractivity contribution in [2.45, 2.75) is 11.2 Å². The lowest BCUT2D eigenvalue weighted by molar-refractivity contribution is -0.121. The van der Waals surface area contributed by atoms with Gasteiger partial charge in [0.05, 0.1) is 4.83 Å². The van der Waals surface area contributed by atoms with Crippen molar-refractivity contribution in [1.82, 2.24) is 0 Å². The van der Waals surface area contributed by atoms with Crippen LogP contribution in [0.3, 0.4) is 0 Å². The first-order chi connectivity index (χ1) is 6.29. The molecule has 7 atom stereocenters. The van der Waals surface area contributed by atoms with Gasteiger partial charge >= 0.3 is 0 Å². The average molecular weight is 239 g/mol. The van der Waals surface area contributed by atoms with E-state index in [0.29, 0.717) is 23.5 Å². The summed E-state index contributed by atoms with van der Waals surface area (Å²) in [6.45, 7) is 0. The van der Waals surface area contributed by atoms with Crippen molar-refractivity contribution >= 4 is 21.7 Å². The summed E-state index contributed by atoms with van der Waals surface area (Å²) in [6, 6.07) is 0. The molecule has 2 heteroatoms. The number of carbonyl (C=O) groups is 1. The number of allylic oxidation sites excluding steroid dienone is 2. The maximum absolute atomic E-state index is 11.9. The largest absolute Gasteiger partial charge is 0.298 e. The Morgan fingerprint density at radius 1 is 1.23 bits per heavy atom. The Hall–Kier alpha value is -0.110. The molecule has 0 saturated heterocycles. The minimum absolute atomic E-state index is 0.187. The minimum atomic E-state index is 0.187. The van der Waals surface area contributed by atoms with Gasteiger partial charge in [0.25, 0.3) is 0 Å². The molecular formula is C11H11BrO. The SMILES string of the molecule is O=C1C(Br)C2C3C=CC4C3CC2C14. The molecule has 13 heavy (non-hydrogen) atoms. The normalized spacial score (nSPS) is 65.6. The van der Waals surface area contributed by atoms with Crippen LogP contribution in [0.15, 0.2) is 12.2 Å². The van der Waals surface area contributed by atoms with Crippen LogP contribution in [0, 0.1) is 35.5 Å². The molecule has 4 rings (SSSR count). The van der Waals surface area contributed by atoms with Crippen LogP contribution in [0.25, 0.3) is 0 Å². The molecule has 0 heterocycles. The van der Waals surface area contributed by atoms with Crippen molar-refractivity contribution in [1.29, 1.82) is 0 Å². The number of halogens is 1. The van der Waals surface area contributed by atoms with Gasteiger partial charge in [-0.2, -0.15) is 0 Å². The highest BCUT2D eigenvalue weighted by atomic mass is 79.9. The molecular weight excluding hydrogens is 228 g/mol. The molecule has 0 aromatic heterocycles. The molecule has 4 aliphatic rings. The van der Waals surface area contributed by atoms with Crippen molar-refractivity contribution in [3.63, 3.8) is 0 Å². The molecule has 68 valence electrons. The van der Waals surface area contributed by atoms with Crippen molar-refractivity contribution in [3.05, 3.63) is 12.2 Å². The molecule has 3 saturated carbocycles. The first-order valence-corrected chi connectivity index (χ1v) is 6.07. The van der Waals surface area contributed by atoms with E-state index < -0.39 is 0 Å². The van der Waals surface area contributed by atoms with Crippen LogP contribution >= 0.6 is 15.9 Å². The molecule has 0 aliphatic heterocycles. The predicted molar refractivity (Wildman–Crippen MR) is 52.4 cm³/mol. The van der Waals surface area contributed by atoms with Gasteiger partial charge in [-0.1, -0.05) is 28.1 Å².